The Balaban J connectivity index is 1.87. The van der Waals surface area contributed by atoms with Gasteiger partial charge in [0.1, 0.15) is 34.6 Å². The third-order valence-corrected chi connectivity index (χ3v) is 3.65. The molecule has 0 N–H and O–H groups in total. The van der Waals surface area contributed by atoms with Crippen LogP contribution in [0.3, 0.4) is 0 Å². The van der Waals surface area contributed by atoms with Crippen molar-refractivity contribution >= 4 is 0 Å². The predicted octanol–water partition coefficient (Wildman–Crippen LogP) is 6.47. The summed E-state index contributed by atoms with van der Waals surface area (Å²) in [4.78, 5) is 0. The van der Waals surface area contributed by atoms with Gasteiger partial charge in [0.05, 0.1) is 0 Å². The minimum Gasteiger partial charge on any atom is -0.457 e. The van der Waals surface area contributed by atoms with Crippen LogP contribution in [0.4, 0.5) is 8.78 Å². The van der Waals surface area contributed by atoms with Crippen LogP contribution in [0, 0.1) is 32.4 Å². The lowest BCUT2D eigenvalue weighted by Crippen LogP contribution is -1.92. The van der Waals surface area contributed by atoms with Gasteiger partial charge in [0.15, 0.2) is 0 Å². The molecule has 0 aliphatic carbocycles. The van der Waals surface area contributed by atoms with E-state index in [1.165, 1.54) is 24.3 Å². The Kier molecular flexibility index (Phi) is 4.70. The quantitative estimate of drug-likeness (QED) is 0.541. The van der Waals surface area contributed by atoms with Crippen LogP contribution in [-0.2, 0) is 0 Å². The molecular weight excluding hydrogens is 322 g/mol. The topological polar surface area (TPSA) is 18.5 Å². The average molecular weight is 340 g/mol. The monoisotopic (exact) mass is 340 g/mol. The highest BCUT2D eigenvalue weighted by molar-refractivity contribution is 5.45. The average Bonchev–Trinajstić information content (AvgIpc) is 2.48. The fraction of sp³-hybridized carbons (Fsp3) is 0.143. The first-order valence-electron chi connectivity index (χ1n) is 7.90. The van der Waals surface area contributed by atoms with Crippen molar-refractivity contribution in [1.82, 2.24) is 0 Å². The predicted molar refractivity (Wildman–Crippen MR) is 93.6 cm³/mol. The number of ether oxygens (including phenoxy) is 2. The Labute approximate surface area is 145 Å². The molecule has 0 heterocycles. The molecule has 3 aromatic carbocycles. The van der Waals surface area contributed by atoms with Crippen molar-refractivity contribution in [2.24, 2.45) is 0 Å². The first-order chi connectivity index (χ1) is 11.9. The maximum absolute atomic E-state index is 13.5. The number of hydrogen-bond donors (Lipinski definition) is 0. The summed E-state index contributed by atoms with van der Waals surface area (Å²) < 4.78 is 38.6. The molecule has 3 rings (SSSR count). The molecule has 0 aliphatic rings. The molecule has 0 atom stereocenters. The van der Waals surface area contributed by atoms with E-state index in [0.717, 1.165) is 16.7 Å². The summed E-state index contributed by atoms with van der Waals surface area (Å²) in [5.74, 6) is 1.19. The first-order valence-corrected chi connectivity index (χ1v) is 7.90. The largest absolute Gasteiger partial charge is 0.457 e. The normalized spacial score (nSPS) is 10.6. The Morgan fingerprint density at radius 2 is 1.16 bits per heavy atom. The Morgan fingerprint density at radius 3 is 1.72 bits per heavy atom. The van der Waals surface area contributed by atoms with Crippen LogP contribution in [0.2, 0.25) is 0 Å². The van der Waals surface area contributed by atoms with Crippen molar-refractivity contribution in [3.63, 3.8) is 0 Å². The number of benzene rings is 3. The van der Waals surface area contributed by atoms with E-state index in [-0.39, 0.29) is 11.6 Å². The van der Waals surface area contributed by atoms with Crippen molar-refractivity contribution in [2.75, 3.05) is 0 Å². The number of hydrogen-bond acceptors (Lipinski definition) is 2. The molecule has 0 unspecified atom stereocenters. The van der Waals surface area contributed by atoms with Crippen LogP contribution in [-0.4, -0.2) is 0 Å². The summed E-state index contributed by atoms with van der Waals surface area (Å²) in [6, 6.07) is 14.3. The summed E-state index contributed by atoms with van der Waals surface area (Å²) in [6.45, 7) is 5.48. The van der Waals surface area contributed by atoms with Crippen molar-refractivity contribution in [3.8, 4) is 23.0 Å². The lowest BCUT2D eigenvalue weighted by atomic mass is 10.2. The highest BCUT2D eigenvalue weighted by atomic mass is 19.1. The second-order valence-electron chi connectivity index (χ2n) is 6.06. The molecule has 0 fully saturated rings. The van der Waals surface area contributed by atoms with Gasteiger partial charge >= 0.3 is 0 Å². The van der Waals surface area contributed by atoms with Gasteiger partial charge in [-0.3, -0.25) is 0 Å². The molecule has 0 radical (unpaired) electrons. The number of rotatable bonds is 4. The van der Waals surface area contributed by atoms with E-state index in [2.05, 4.69) is 0 Å². The van der Waals surface area contributed by atoms with E-state index in [4.69, 9.17) is 9.47 Å². The molecule has 128 valence electrons. The Hall–Kier alpha value is -2.88. The smallest absolute Gasteiger partial charge is 0.134 e. The molecular formula is C21H18F2O2. The standard InChI is InChI=1S/C21H18F2O2/c1-13-6-16(22)10-19(8-13)24-18-5-4-15(3)21(12-18)25-20-9-14(2)7-17(23)11-20/h4-12H,1-3H3. The zero-order valence-corrected chi connectivity index (χ0v) is 14.3. The molecule has 3 aromatic rings. The van der Waals surface area contributed by atoms with Crippen LogP contribution in [0.15, 0.2) is 54.6 Å². The maximum Gasteiger partial charge on any atom is 0.134 e. The van der Waals surface area contributed by atoms with Gasteiger partial charge in [-0.1, -0.05) is 6.07 Å². The van der Waals surface area contributed by atoms with E-state index in [0.29, 0.717) is 23.0 Å². The second-order valence-corrected chi connectivity index (χ2v) is 6.06. The van der Waals surface area contributed by atoms with Gasteiger partial charge in [-0.15, -0.1) is 0 Å². The summed E-state index contributed by atoms with van der Waals surface area (Å²) in [5.41, 5.74) is 2.42. The van der Waals surface area contributed by atoms with E-state index in [1.807, 2.05) is 13.0 Å². The fourth-order valence-corrected chi connectivity index (χ4v) is 2.54. The van der Waals surface area contributed by atoms with E-state index in [9.17, 15) is 8.78 Å². The fourth-order valence-electron chi connectivity index (χ4n) is 2.54. The van der Waals surface area contributed by atoms with Gasteiger partial charge < -0.3 is 9.47 Å². The van der Waals surface area contributed by atoms with Crippen LogP contribution >= 0.6 is 0 Å². The summed E-state index contributed by atoms with van der Waals surface area (Å²) in [6.07, 6.45) is 0. The molecule has 0 amide bonds. The molecule has 0 aromatic heterocycles. The van der Waals surface area contributed by atoms with Crippen LogP contribution in [0.25, 0.3) is 0 Å². The zero-order chi connectivity index (χ0) is 18.0. The van der Waals surface area contributed by atoms with Gasteiger partial charge in [-0.25, -0.2) is 8.78 Å². The molecule has 0 aliphatic heterocycles. The molecule has 4 heteroatoms. The molecule has 0 saturated heterocycles. The molecule has 2 nitrogen and oxygen atoms in total. The van der Waals surface area contributed by atoms with Crippen molar-refractivity contribution < 1.29 is 18.3 Å². The zero-order valence-electron chi connectivity index (χ0n) is 14.3. The summed E-state index contributed by atoms with van der Waals surface area (Å²) >= 11 is 0. The Bertz CT molecular complexity index is 879. The van der Waals surface area contributed by atoms with Gasteiger partial charge in [0, 0.05) is 18.2 Å². The first kappa shape index (κ1) is 17.0. The summed E-state index contributed by atoms with van der Waals surface area (Å²) in [7, 11) is 0. The lowest BCUT2D eigenvalue weighted by molar-refractivity contribution is 0.453. The van der Waals surface area contributed by atoms with Gasteiger partial charge in [-0.2, -0.15) is 0 Å². The number of aryl methyl sites for hydroxylation is 3. The SMILES string of the molecule is Cc1cc(F)cc(Oc2ccc(C)c(Oc3cc(C)cc(F)c3)c2)c1. The van der Waals surface area contributed by atoms with Crippen molar-refractivity contribution in [2.45, 2.75) is 20.8 Å². The minimum atomic E-state index is -0.353. The summed E-state index contributed by atoms with van der Waals surface area (Å²) in [5, 5.41) is 0. The molecule has 0 spiro atoms. The van der Waals surface area contributed by atoms with Crippen molar-refractivity contribution in [1.29, 1.82) is 0 Å². The minimum absolute atomic E-state index is 0.352. The van der Waals surface area contributed by atoms with Crippen LogP contribution < -0.4 is 9.47 Å². The highest BCUT2D eigenvalue weighted by Crippen LogP contribution is 2.32. The molecule has 0 bridgehead atoms. The van der Waals surface area contributed by atoms with Crippen molar-refractivity contribution in [3.05, 3.63) is 82.9 Å². The molecule has 0 saturated carbocycles. The maximum atomic E-state index is 13.5. The van der Waals surface area contributed by atoms with Crippen LogP contribution in [0.1, 0.15) is 16.7 Å². The number of halogens is 2. The van der Waals surface area contributed by atoms with Gasteiger partial charge in [0.2, 0.25) is 0 Å². The lowest BCUT2D eigenvalue weighted by Gasteiger charge is -2.12. The van der Waals surface area contributed by atoms with E-state index < -0.39 is 0 Å². The van der Waals surface area contributed by atoms with Gasteiger partial charge in [-0.05, 0) is 67.8 Å². The van der Waals surface area contributed by atoms with Gasteiger partial charge in [0.25, 0.3) is 0 Å². The van der Waals surface area contributed by atoms with E-state index >= 15 is 0 Å². The molecule has 25 heavy (non-hydrogen) atoms. The second kappa shape index (κ2) is 6.93. The Morgan fingerprint density at radius 1 is 0.600 bits per heavy atom. The van der Waals surface area contributed by atoms with E-state index in [1.54, 1.807) is 38.1 Å². The highest BCUT2D eigenvalue weighted by Gasteiger charge is 2.08. The third-order valence-electron chi connectivity index (χ3n) is 3.65. The van der Waals surface area contributed by atoms with Crippen LogP contribution in [0.5, 0.6) is 23.0 Å². The third kappa shape index (κ3) is 4.35.